The van der Waals surface area contributed by atoms with Crippen LogP contribution in [0.1, 0.15) is 52.3 Å². The molecule has 0 amide bonds. The molecule has 200 valence electrons. The summed E-state index contributed by atoms with van der Waals surface area (Å²) in [5.41, 5.74) is 4.21. The Labute approximate surface area is 229 Å². The lowest BCUT2D eigenvalue weighted by Gasteiger charge is -2.52. The molecule has 3 aromatic heterocycles. The van der Waals surface area contributed by atoms with Crippen molar-refractivity contribution < 1.29 is 8.82 Å². The quantitative estimate of drug-likeness (QED) is 0.245. The Morgan fingerprint density at radius 1 is 1.11 bits per heavy atom. The molecule has 1 saturated carbocycles. The molecule has 1 N–H and O–H groups in total. The third kappa shape index (κ3) is 4.63. The van der Waals surface area contributed by atoms with Crippen LogP contribution >= 0.6 is 11.6 Å². The lowest BCUT2D eigenvalue weighted by Crippen LogP contribution is -2.54. The molecular formula is C29H35ClFN5OSi. The van der Waals surface area contributed by atoms with Crippen molar-refractivity contribution in [3.05, 3.63) is 65.6 Å². The van der Waals surface area contributed by atoms with Crippen LogP contribution in [-0.2, 0) is 4.43 Å². The van der Waals surface area contributed by atoms with Gasteiger partial charge in [-0.2, -0.15) is 5.10 Å². The first kappa shape index (κ1) is 26.8. The van der Waals surface area contributed by atoms with Crippen LogP contribution in [0.15, 0.2) is 49.1 Å². The zero-order valence-electron chi connectivity index (χ0n) is 23.1. The van der Waals surface area contributed by atoms with Crippen molar-refractivity contribution in [3.63, 3.8) is 0 Å². The molecule has 1 aromatic carbocycles. The van der Waals surface area contributed by atoms with Crippen molar-refractivity contribution in [2.45, 2.75) is 77.2 Å². The molecule has 0 saturated heterocycles. The zero-order valence-corrected chi connectivity index (χ0v) is 24.8. The number of aromatic nitrogens is 5. The molecule has 1 aliphatic carbocycles. The summed E-state index contributed by atoms with van der Waals surface area (Å²) in [5, 5.41) is 5.28. The van der Waals surface area contributed by atoms with Crippen LogP contribution in [0.4, 0.5) is 4.39 Å². The molecule has 3 heterocycles. The highest BCUT2D eigenvalue weighted by molar-refractivity contribution is 6.74. The van der Waals surface area contributed by atoms with E-state index in [9.17, 15) is 4.39 Å². The SMILES string of the molecule is Cc1c(-c2[nH]cc(-c3c(F)cccc3Cl)c2-c2ncccn2)cnn1C1CC(C)(O[Si](C)(C)C(C)(C)C)C1. The molecule has 4 aromatic rings. The number of hydrogen-bond acceptors (Lipinski definition) is 4. The van der Waals surface area contributed by atoms with E-state index in [0.29, 0.717) is 27.5 Å². The van der Waals surface area contributed by atoms with Crippen LogP contribution in [0, 0.1) is 12.7 Å². The maximum absolute atomic E-state index is 15.0. The third-order valence-electron chi connectivity index (χ3n) is 8.20. The molecule has 0 radical (unpaired) electrons. The van der Waals surface area contributed by atoms with Gasteiger partial charge in [-0.25, -0.2) is 14.4 Å². The Bertz CT molecular complexity index is 1450. The molecule has 0 spiro atoms. The van der Waals surface area contributed by atoms with E-state index in [0.717, 1.165) is 29.8 Å². The van der Waals surface area contributed by atoms with E-state index in [4.69, 9.17) is 21.1 Å². The first-order valence-electron chi connectivity index (χ1n) is 13.0. The number of halogens is 2. The van der Waals surface area contributed by atoms with Gasteiger partial charge in [0.15, 0.2) is 14.1 Å². The van der Waals surface area contributed by atoms with Crippen LogP contribution in [0.3, 0.4) is 0 Å². The third-order valence-corrected chi connectivity index (χ3v) is 13.1. The normalized spacial score (nSPS) is 20.0. The Kier molecular flexibility index (Phi) is 6.65. The fraction of sp³-hybridized carbons (Fsp3) is 0.414. The monoisotopic (exact) mass is 551 g/mol. The van der Waals surface area contributed by atoms with Gasteiger partial charge in [-0.15, -0.1) is 0 Å². The molecule has 9 heteroatoms. The molecule has 5 rings (SSSR count). The number of H-pyrrole nitrogens is 1. The zero-order chi connectivity index (χ0) is 27.5. The van der Waals surface area contributed by atoms with Gasteiger partial charge < -0.3 is 9.41 Å². The van der Waals surface area contributed by atoms with E-state index in [1.54, 1.807) is 36.8 Å². The topological polar surface area (TPSA) is 68.6 Å². The van der Waals surface area contributed by atoms with Gasteiger partial charge in [0.05, 0.1) is 34.1 Å². The molecule has 0 aliphatic heterocycles. The second-order valence-corrected chi connectivity index (χ2v) is 17.2. The Morgan fingerprint density at radius 2 is 1.79 bits per heavy atom. The Morgan fingerprint density at radius 3 is 2.42 bits per heavy atom. The summed E-state index contributed by atoms with van der Waals surface area (Å²) in [6, 6.07) is 6.71. The summed E-state index contributed by atoms with van der Waals surface area (Å²) in [4.78, 5) is 12.3. The standard InChI is InChI=1S/C29H35ClFN5OSi/c1-18-20(17-35-36(18)19-14-29(5,15-19)37-38(6,7)28(2,3)4)26-25(27-32-12-9-13-33-27)21(16-34-26)24-22(30)10-8-11-23(24)31/h8-13,16-17,19,34H,14-15H2,1-7H3. The van der Waals surface area contributed by atoms with E-state index < -0.39 is 14.1 Å². The summed E-state index contributed by atoms with van der Waals surface area (Å²) in [6.45, 7) is 15.7. The average molecular weight is 552 g/mol. The summed E-state index contributed by atoms with van der Waals surface area (Å²) >= 11 is 6.46. The Balaban J connectivity index is 1.50. The number of rotatable bonds is 6. The molecule has 1 aliphatic rings. The Hall–Kier alpha value is -2.81. The van der Waals surface area contributed by atoms with Crippen LogP contribution in [0.25, 0.3) is 33.8 Å². The molecule has 0 bridgehead atoms. The summed E-state index contributed by atoms with van der Waals surface area (Å²) in [6.07, 6.45) is 8.83. The lowest BCUT2D eigenvalue weighted by atomic mass is 9.77. The minimum absolute atomic E-state index is 0.142. The predicted octanol–water partition coefficient (Wildman–Crippen LogP) is 8.22. The second kappa shape index (κ2) is 9.43. The predicted molar refractivity (Wildman–Crippen MR) is 153 cm³/mol. The largest absolute Gasteiger partial charge is 0.411 e. The van der Waals surface area contributed by atoms with Crippen LogP contribution in [0.2, 0.25) is 23.2 Å². The highest BCUT2D eigenvalue weighted by Gasteiger charge is 2.49. The molecule has 6 nitrogen and oxygen atoms in total. The van der Waals surface area contributed by atoms with Gasteiger partial charge in [-0.05, 0) is 63.0 Å². The number of nitrogens with zero attached hydrogens (tertiary/aromatic N) is 4. The van der Waals surface area contributed by atoms with Crippen molar-refractivity contribution in [2.24, 2.45) is 0 Å². The molecule has 1 fully saturated rings. The summed E-state index contributed by atoms with van der Waals surface area (Å²) < 4.78 is 23.9. The van der Waals surface area contributed by atoms with Crippen molar-refractivity contribution in [2.75, 3.05) is 0 Å². The molecule has 0 unspecified atom stereocenters. The first-order chi connectivity index (χ1) is 17.8. The smallest absolute Gasteiger partial charge is 0.192 e. The molecule has 0 atom stereocenters. The van der Waals surface area contributed by atoms with Gasteiger partial charge in [-0.1, -0.05) is 38.4 Å². The number of aromatic amines is 1. The van der Waals surface area contributed by atoms with Gasteiger partial charge in [0.1, 0.15) is 5.82 Å². The lowest BCUT2D eigenvalue weighted by molar-refractivity contribution is -0.0429. The van der Waals surface area contributed by atoms with Crippen molar-refractivity contribution in [1.82, 2.24) is 24.7 Å². The highest BCUT2D eigenvalue weighted by Crippen LogP contribution is 2.50. The minimum atomic E-state index is -1.88. The highest BCUT2D eigenvalue weighted by atomic mass is 35.5. The van der Waals surface area contributed by atoms with Crippen molar-refractivity contribution in [3.8, 4) is 33.8 Å². The first-order valence-corrected chi connectivity index (χ1v) is 16.3. The van der Waals surface area contributed by atoms with Crippen LogP contribution in [-0.4, -0.2) is 38.7 Å². The molecular weight excluding hydrogens is 517 g/mol. The second-order valence-electron chi connectivity index (χ2n) is 12.1. The summed E-state index contributed by atoms with van der Waals surface area (Å²) in [5.74, 6) is 0.0901. The van der Waals surface area contributed by atoms with Gasteiger partial charge in [0, 0.05) is 41.0 Å². The average Bonchev–Trinajstić information content (AvgIpc) is 3.40. The van der Waals surface area contributed by atoms with Gasteiger partial charge in [0.25, 0.3) is 0 Å². The fourth-order valence-corrected chi connectivity index (χ4v) is 7.22. The van der Waals surface area contributed by atoms with Gasteiger partial charge in [-0.3, -0.25) is 4.68 Å². The summed E-state index contributed by atoms with van der Waals surface area (Å²) in [7, 11) is -1.88. The van der Waals surface area contributed by atoms with E-state index in [1.165, 1.54) is 6.07 Å². The fourth-order valence-electron chi connectivity index (χ4n) is 5.25. The van der Waals surface area contributed by atoms with Crippen LogP contribution < -0.4 is 0 Å². The van der Waals surface area contributed by atoms with Crippen molar-refractivity contribution in [1.29, 1.82) is 0 Å². The van der Waals surface area contributed by atoms with Crippen LogP contribution in [0.5, 0.6) is 0 Å². The maximum Gasteiger partial charge on any atom is 0.192 e. The minimum Gasteiger partial charge on any atom is -0.411 e. The number of nitrogens with one attached hydrogen (secondary N) is 1. The maximum atomic E-state index is 15.0. The van der Waals surface area contributed by atoms with E-state index in [2.05, 4.69) is 67.3 Å². The number of benzene rings is 1. The van der Waals surface area contributed by atoms with E-state index in [-0.39, 0.29) is 16.7 Å². The van der Waals surface area contributed by atoms with E-state index in [1.807, 2.05) is 6.20 Å². The van der Waals surface area contributed by atoms with Gasteiger partial charge in [0.2, 0.25) is 0 Å². The van der Waals surface area contributed by atoms with E-state index >= 15 is 0 Å². The van der Waals surface area contributed by atoms with Gasteiger partial charge >= 0.3 is 0 Å². The number of hydrogen-bond donors (Lipinski definition) is 1. The molecule has 38 heavy (non-hydrogen) atoms. The van der Waals surface area contributed by atoms with Crippen molar-refractivity contribution >= 4 is 19.9 Å².